The third kappa shape index (κ3) is 5.20. The van der Waals surface area contributed by atoms with Crippen molar-refractivity contribution in [2.24, 2.45) is 5.92 Å². The number of imide groups is 1. The summed E-state index contributed by atoms with van der Waals surface area (Å²) in [4.78, 5) is 60.2. The minimum Gasteiger partial charge on any atom is -0.343 e. The SMILES string of the molecule is CCN(CC)C(=O)C1CCCN(Cc2ccnc(-c3ccc4c(c3)CN(C3CCC(=O)NC3=O)C4=O)c2)C1. The minimum atomic E-state index is -0.625. The topological polar surface area (TPSA) is 103 Å². The molecule has 2 atom stereocenters. The Morgan fingerprint density at radius 2 is 1.92 bits per heavy atom. The molecular weight excluding hydrogens is 482 g/mol. The second-order valence-electron chi connectivity index (χ2n) is 10.4. The van der Waals surface area contributed by atoms with Crippen molar-refractivity contribution in [3.05, 3.63) is 53.2 Å². The summed E-state index contributed by atoms with van der Waals surface area (Å²) in [5, 5.41) is 2.34. The lowest BCUT2D eigenvalue weighted by atomic mass is 9.96. The van der Waals surface area contributed by atoms with E-state index in [4.69, 9.17) is 0 Å². The molecule has 200 valence electrons. The molecule has 0 radical (unpaired) electrons. The van der Waals surface area contributed by atoms with Gasteiger partial charge in [-0.25, -0.2) is 0 Å². The highest BCUT2D eigenvalue weighted by atomic mass is 16.2. The first-order valence-corrected chi connectivity index (χ1v) is 13.6. The number of likely N-dealkylation sites (tertiary alicyclic amines) is 1. The molecule has 0 aliphatic carbocycles. The van der Waals surface area contributed by atoms with Gasteiger partial charge in [-0.1, -0.05) is 6.07 Å². The standard InChI is InChI=1S/C29H35N5O4/c1-3-33(4-2)28(37)21-6-5-13-32(17-21)16-19-11-12-30-24(14-19)20-7-8-23-22(15-20)18-34(29(23)38)25-9-10-26(35)31-27(25)36/h7-8,11-12,14-15,21,25H,3-6,9-10,13,16-18H2,1-2H3,(H,31,35,36). The number of carbonyl (C=O) groups is 4. The molecule has 1 aromatic carbocycles. The van der Waals surface area contributed by atoms with Gasteiger partial charge in [0.1, 0.15) is 6.04 Å². The predicted octanol–water partition coefficient (Wildman–Crippen LogP) is 2.59. The number of carbonyl (C=O) groups excluding carboxylic acids is 4. The first kappa shape index (κ1) is 26.0. The Balaban J connectivity index is 1.28. The fraction of sp³-hybridized carbons (Fsp3) is 0.483. The van der Waals surface area contributed by atoms with Crippen LogP contribution < -0.4 is 5.32 Å². The van der Waals surface area contributed by atoms with Crippen LogP contribution >= 0.6 is 0 Å². The molecule has 4 heterocycles. The van der Waals surface area contributed by atoms with Gasteiger partial charge in [-0.2, -0.15) is 0 Å². The molecule has 38 heavy (non-hydrogen) atoms. The van der Waals surface area contributed by atoms with Crippen LogP contribution in [0.1, 0.15) is 61.0 Å². The Hall–Kier alpha value is -3.59. The monoisotopic (exact) mass is 517 g/mol. The van der Waals surface area contributed by atoms with E-state index in [9.17, 15) is 19.2 Å². The number of benzene rings is 1. The average Bonchev–Trinajstić information content (AvgIpc) is 3.25. The first-order chi connectivity index (χ1) is 18.4. The van der Waals surface area contributed by atoms with Crippen molar-refractivity contribution in [2.75, 3.05) is 26.2 Å². The molecule has 9 heteroatoms. The molecule has 3 aliphatic heterocycles. The lowest BCUT2D eigenvalue weighted by Crippen LogP contribution is -2.52. The predicted molar refractivity (Wildman–Crippen MR) is 142 cm³/mol. The summed E-state index contributed by atoms with van der Waals surface area (Å²) in [5.41, 5.74) is 4.32. The van der Waals surface area contributed by atoms with Gasteiger partial charge >= 0.3 is 0 Å². The van der Waals surface area contributed by atoms with Gasteiger partial charge < -0.3 is 9.80 Å². The zero-order valence-corrected chi connectivity index (χ0v) is 22.1. The summed E-state index contributed by atoms with van der Waals surface area (Å²) in [7, 11) is 0. The third-order valence-corrected chi connectivity index (χ3v) is 7.98. The molecular formula is C29H35N5O4. The van der Waals surface area contributed by atoms with E-state index >= 15 is 0 Å². The number of hydrogen-bond acceptors (Lipinski definition) is 6. The van der Waals surface area contributed by atoms with Crippen molar-refractivity contribution < 1.29 is 19.2 Å². The summed E-state index contributed by atoms with van der Waals surface area (Å²) in [5.74, 6) is -0.572. The van der Waals surface area contributed by atoms with Crippen molar-refractivity contribution in [3.8, 4) is 11.3 Å². The molecule has 2 unspecified atom stereocenters. The minimum absolute atomic E-state index is 0.0477. The fourth-order valence-corrected chi connectivity index (χ4v) is 5.92. The van der Waals surface area contributed by atoms with Crippen molar-refractivity contribution in [2.45, 2.75) is 58.7 Å². The van der Waals surface area contributed by atoms with Crippen LogP contribution in [0.2, 0.25) is 0 Å². The smallest absolute Gasteiger partial charge is 0.255 e. The molecule has 5 rings (SSSR count). The van der Waals surface area contributed by atoms with Gasteiger partial charge in [-0.3, -0.25) is 34.4 Å². The molecule has 1 N–H and O–H groups in total. The van der Waals surface area contributed by atoms with Crippen LogP contribution in [0.5, 0.6) is 0 Å². The molecule has 0 spiro atoms. The average molecular weight is 518 g/mol. The maximum atomic E-state index is 13.0. The zero-order chi connectivity index (χ0) is 26.8. The normalized spacial score (nSPS) is 21.8. The molecule has 2 aromatic rings. The molecule has 0 bridgehead atoms. The number of piperidine rings is 2. The summed E-state index contributed by atoms with van der Waals surface area (Å²) >= 11 is 0. The number of nitrogens with one attached hydrogen (secondary N) is 1. The highest BCUT2D eigenvalue weighted by Crippen LogP contribution is 2.31. The van der Waals surface area contributed by atoms with E-state index in [1.807, 2.05) is 36.9 Å². The Morgan fingerprint density at radius 3 is 2.68 bits per heavy atom. The second kappa shape index (κ2) is 11.0. The van der Waals surface area contributed by atoms with E-state index in [-0.39, 0.29) is 30.1 Å². The van der Waals surface area contributed by atoms with E-state index < -0.39 is 11.9 Å². The maximum Gasteiger partial charge on any atom is 0.255 e. The van der Waals surface area contributed by atoms with Crippen molar-refractivity contribution in [1.82, 2.24) is 25.0 Å². The number of nitrogens with zero attached hydrogens (tertiary/aromatic N) is 4. The number of hydrogen-bond donors (Lipinski definition) is 1. The molecule has 4 amide bonds. The molecule has 0 saturated carbocycles. The van der Waals surface area contributed by atoms with Gasteiger partial charge in [0.25, 0.3) is 5.91 Å². The van der Waals surface area contributed by atoms with Gasteiger partial charge in [-0.05, 0) is 75.0 Å². The highest BCUT2D eigenvalue weighted by molar-refractivity contribution is 6.05. The maximum absolute atomic E-state index is 13.0. The Labute approximate surface area is 223 Å². The van der Waals surface area contributed by atoms with Gasteiger partial charge in [0.05, 0.1) is 11.6 Å². The van der Waals surface area contributed by atoms with Crippen LogP contribution in [0, 0.1) is 5.92 Å². The first-order valence-electron chi connectivity index (χ1n) is 13.6. The number of aromatic nitrogens is 1. The summed E-state index contributed by atoms with van der Waals surface area (Å²) in [6.45, 7) is 8.38. The van der Waals surface area contributed by atoms with Crippen LogP contribution in [-0.2, 0) is 27.5 Å². The Morgan fingerprint density at radius 1 is 1.11 bits per heavy atom. The number of fused-ring (bicyclic) bond motifs is 1. The van der Waals surface area contributed by atoms with Crippen molar-refractivity contribution in [1.29, 1.82) is 0 Å². The van der Waals surface area contributed by atoms with Gasteiger partial charge in [0.2, 0.25) is 17.7 Å². The van der Waals surface area contributed by atoms with Crippen LogP contribution in [0.25, 0.3) is 11.3 Å². The molecule has 9 nitrogen and oxygen atoms in total. The van der Waals surface area contributed by atoms with E-state index in [0.29, 0.717) is 18.5 Å². The lowest BCUT2D eigenvalue weighted by molar-refractivity contribution is -0.138. The van der Waals surface area contributed by atoms with E-state index in [1.54, 1.807) is 17.2 Å². The summed E-state index contributed by atoms with van der Waals surface area (Å²) in [6.07, 6.45) is 4.34. The summed E-state index contributed by atoms with van der Waals surface area (Å²) in [6, 6.07) is 9.15. The zero-order valence-electron chi connectivity index (χ0n) is 22.1. The van der Waals surface area contributed by atoms with Crippen LogP contribution in [-0.4, -0.2) is 75.5 Å². The number of rotatable bonds is 7. The number of pyridine rings is 1. The highest BCUT2D eigenvalue weighted by Gasteiger charge is 2.39. The number of amides is 4. The largest absolute Gasteiger partial charge is 0.343 e. The Kier molecular flexibility index (Phi) is 7.56. The molecule has 2 saturated heterocycles. The second-order valence-corrected chi connectivity index (χ2v) is 10.4. The van der Waals surface area contributed by atoms with Gasteiger partial charge in [0.15, 0.2) is 0 Å². The molecule has 2 fully saturated rings. The summed E-state index contributed by atoms with van der Waals surface area (Å²) < 4.78 is 0. The van der Waals surface area contributed by atoms with Gasteiger partial charge in [0, 0.05) is 56.5 Å². The van der Waals surface area contributed by atoms with E-state index in [2.05, 4.69) is 21.3 Å². The fourth-order valence-electron chi connectivity index (χ4n) is 5.92. The van der Waals surface area contributed by atoms with Crippen LogP contribution in [0.15, 0.2) is 36.5 Å². The van der Waals surface area contributed by atoms with Crippen LogP contribution in [0.3, 0.4) is 0 Å². The lowest BCUT2D eigenvalue weighted by Gasteiger charge is -2.34. The quantitative estimate of drug-likeness (QED) is 0.567. The van der Waals surface area contributed by atoms with E-state index in [0.717, 1.165) is 67.9 Å². The Bertz CT molecular complexity index is 1260. The molecule has 3 aliphatic rings. The van der Waals surface area contributed by atoms with Crippen molar-refractivity contribution >= 4 is 23.6 Å². The molecule has 1 aromatic heterocycles. The van der Waals surface area contributed by atoms with E-state index in [1.165, 1.54) is 0 Å². The van der Waals surface area contributed by atoms with Crippen LogP contribution in [0.4, 0.5) is 0 Å². The van der Waals surface area contributed by atoms with Crippen molar-refractivity contribution in [3.63, 3.8) is 0 Å². The third-order valence-electron chi connectivity index (χ3n) is 7.98. The van der Waals surface area contributed by atoms with Gasteiger partial charge in [-0.15, -0.1) is 0 Å².